The Labute approximate surface area is 157 Å². The van der Waals surface area contributed by atoms with Gasteiger partial charge < -0.3 is 0 Å². The van der Waals surface area contributed by atoms with Gasteiger partial charge in [0.25, 0.3) is 0 Å². The number of anilines is 1. The highest BCUT2D eigenvalue weighted by Gasteiger charge is 2.44. The van der Waals surface area contributed by atoms with E-state index in [4.69, 9.17) is 0 Å². The highest BCUT2D eigenvalue weighted by Crippen LogP contribution is 2.48. The molecule has 1 amide bonds. The molecule has 0 fully saturated rings. The molecule has 27 heavy (non-hydrogen) atoms. The molecule has 0 radical (unpaired) electrons. The van der Waals surface area contributed by atoms with Crippen LogP contribution in [0.15, 0.2) is 60.1 Å². The highest BCUT2D eigenvalue weighted by molar-refractivity contribution is 6.07. The van der Waals surface area contributed by atoms with Gasteiger partial charge in [-0.2, -0.15) is 0 Å². The van der Waals surface area contributed by atoms with Crippen molar-refractivity contribution in [2.45, 2.75) is 39.0 Å². The van der Waals surface area contributed by atoms with Gasteiger partial charge in [-0.25, -0.2) is 4.39 Å². The molecule has 1 aromatic heterocycles. The first kappa shape index (κ1) is 17.6. The van der Waals surface area contributed by atoms with Gasteiger partial charge >= 0.3 is 0 Å². The van der Waals surface area contributed by atoms with E-state index < -0.39 is 5.92 Å². The molecule has 0 bridgehead atoms. The third-order valence-electron chi connectivity index (χ3n) is 5.30. The molecule has 5 heteroatoms. The Balaban J connectivity index is 1.90. The summed E-state index contributed by atoms with van der Waals surface area (Å²) in [6.45, 7) is 4.07. The monoisotopic (exact) mass is 364 g/mol. The third-order valence-corrected chi connectivity index (χ3v) is 5.30. The standard InChI is InChI=1S/C22H21FN2O2/c1-22(2)11-18-21(19(26)12-22)17(14-5-3-6-15(23)9-14)10-20(27)25(18)16-7-4-8-24-13-16/h3-9,13,17H,10-12H2,1-2H3. The lowest BCUT2D eigenvalue weighted by molar-refractivity contribution is -0.121. The molecule has 138 valence electrons. The number of rotatable bonds is 2. The van der Waals surface area contributed by atoms with Crippen LogP contribution in [0.5, 0.6) is 0 Å². The molecular weight excluding hydrogens is 343 g/mol. The van der Waals surface area contributed by atoms with Gasteiger partial charge in [-0.1, -0.05) is 26.0 Å². The van der Waals surface area contributed by atoms with Crippen LogP contribution in [0.3, 0.4) is 0 Å². The normalized spacial score (nSPS) is 22.0. The van der Waals surface area contributed by atoms with E-state index in [0.29, 0.717) is 29.7 Å². The van der Waals surface area contributed by atoms with Crippen molar-refractivity contribution in [1.29, 1.82) is 0 Å². The molecule has 1 unspecified atom stereocenters. The Bertz CT molecular complexity index is 950. The minimum Gasteiger partial charge on any atom is -0.294 e. The molecule has 0 spiro atoms. The average molecular weight is 364 g/mol. The molecule has 1 aliphatic heterocycles. The molecule has 0 N–H and O–H groups in total. The van der Waals surface area contributed by atoms with E-state index in [2.05, 4.69) is 4.98 Å². The van der Waals surface area contributed by atoms with Crippen molar-refractivity contribution >= 4 is 17.4 Å². The van der Waals surface area contributed by atoms with Crippen molar-refractivity contribution in [3.05, 3.63) is 71.4 Å². The second-order valence-electron chi connectivity index (χ2n) is 8.05. The summed E-state index contributed by atoms with van der Waals surface area (Å²) in [5.74, 6) is -0.821. The fourth-order valence-corrected chi connectivity index (χ4v) is 4.21. The SMILES string of the molecule is CC1(C)CC(=O)C2=C(C1)N(c1cccnc1)C(=O)CC2c1cccc(F)c1. The maximum atomic E-state index is 13.8. The molecule has 1 atom stereocenters. The lowest BCUT2D eigenvalue weighted by Gasteiger charge is -2.42. The fraction of sp³-hybridized carbons (Fsp3) is 0.318. The number of carbonyl (C=O) groups excluding carboxylic acids is 2. The molecule has 1 aromatic carbocycles. The number of carbonyl (C=O) groups is 2. The molecule has 2 heterocycles. The van der Waals surface area contributed by atoms with E-state index in [0.717, 1.165) is 5.70 Å². The quantitative estimate of drug-likeness (QED) is 0.794. The van der Waals surface area contributed by atoms with E-state index in [9.17, 15) is 14.0 Å². The summed E-state index contributed by atoms with van der Waals surface area (Å²) in [6, 6.07) is 9.81. The molecule has 0 saturated carbocycles. The molecular formula is C22H21FN2O2. The second-order valence-corrected chi connectivity index (χ2v) is 8.05. The Morgan fingerprint density at radius 3 is 2.67 bits per heavy atom. The lowest BCUT2D eigenvalue weighted by Crippen LogP contribution is -2.43. The van der Waals surface area contributed by atoms with Gasteiger partial charge in [-0.05, 0) is 41.7 Å². The zero-order chi connectivity index (χ0) is 19.2. The van der Waals surface area contributed by atoms with Crippen molar-refractivity contribution in [1.82, 2.24) is 4.98 Å². The van der Waals surface area contributed by atoms with Crippen molar-refractivity contribution in [3.63, 3.8) is 0 Å². The molecule has 4 nitrogen and oxygen atoms in total. The first-order chi connectivity index (χ1) is 12.9. The Hall–Kier alpha value is -2.82. The number of hydrogen-bond donors (Lipinski definition) is 0. The predicted octanol–water partition coefficient (Wildman–Crippen LogP) is 4.38. The number of aromatic nitrogens is 1. The zero-order valence-electron chi connectivity index (χ0n) is 15.4. The van der Waals surface area contributed by atoms with Crippen LogP contribution >= 0.6 is 0 Å². The number of amides is 1. The zero-order valence-corrected chi connectivity index (χ0v) is 15.4. The number of Topliss-reactive ketones (excluding diaryl/α,β-unsaturated/α-hetero) is 1. The number of ketones is 1. The summed E-state index contributed by atoms with van der Waals surface area (Å²) in [7, 11) is 0. The molecule has 0 saturated heterocycles. The minimum absolute atomic E-state index is 0.0388. The average Bonchev–Trinajstić information content (AvgIpc) is 2.60. The number of hydrogen-bond acceptors (Lipinski definition) is 3. The Morgan fingerprint density at radius 2 is 1.96 bits per heavy atom. The summed E-state index contributed by atoms with van der Waals surface area (Å²) in [6.07, 6.45) is 4.46. The summed E-state index contributed by atoms with van der Waals surface area (Å²) < 4.78 is 13.8. The van der Waals surface area contributed by atoms with E-state index in [1.54, 1.807) is 35.5 Å². The van der Waals surface area contributed by atoms with E-state index in [-0.39, 0.29) is 29.3 Å². The van der Waals surface area contributed by atoms with Crippen LogP contribution < -0.4 is 4.90 Å². The van der Waals surface area contributed by atoms with E-state index in [1.165, 1.54) is 12.1 Å². The van der Waals surface area contributed by atoms with Gasteiger partial charge in [0.2, 0.25) is 5.91 Å². The fourth-order valence-electron chi connectivity index (χ4n) is 4.21. The van der Waals surface area contributed by atoms with Crippen molar-refractivity contribution in [2.24, 2.45) is 5.41 Å². The Kier molecular flexibility index (Phi) is 4.17. The van der Waals surface area contributed by atoms with Crippen LogP contribution in [0.2, 0.25) is 0 Å². The number of nitrogens with zero attached hydrogens (tertiary/aromatic N) is 2. The topological polar surface area (TPSA) is 50.3 Å². The van der Waals surface area contributed by atoms with E-state index in [1.807, 2.05) is 19.9 Å². The van der Waals surface area contributed by atoms with Crippen molar-refractivity contribution < 1.29 is 14.0 Å². The van der Waals surface area contributed by atoms with Gasteiger partial charge in [-0.3, -0.25) is 19.5 Å². The third kappa shape index (κ3) is 3.18. The summed E-state index contributed by atoms with van der Waals surface area (Å²) >= 11 is 0. The maximum absolute atomic E-state index is 13.8. The van der Waals surface area contributed by atoms with Crippen LogP contribution in [0.25, 0.3) is 0 Å². The van der Waals surface area contributed by atoms with Gasteiger partial charge in [0.1, 0.15) is 5.82 Å². The first-order valence-electron chi connectivity index (χ1n) is 9.10. The smallest absolute Gasteiger partial charge is 0.232 e. The van der Waals surface area contributed by atoms with Crippen LogP contribution in [-0.2, 0) is 9.59 Å². The summed E-state index contributed by atoms with van der Waals surface area (Å²) in [4.78, 5) is 31.9. The van der Waals surface area contributed by atoms with Crippen LogP contribution in [0.4, 0.5) is 10.1 Å². The van der Waals surface area contributed by atoms with Gasteiger partial charge in [0, 0.05) is 36.2 Å². The van der Waals surface area contributed by atoms with Gasteiger partial charge in [0.05, 0.1) is 11.9 Å². The molecule has 2 aromatic rings. The number of benzene rings is 1. The maximum Gasteiger partial charge on any atom is 0.232 e. The number of allylic oxidation sites excluding steroid dienone is 2. The lowest BCUT2D eigenvalue weighted by atomic mass is 9.69. The molecule has 1 aliphatic carbocycles. The largest absolute Gasteiger partial charge is 0.294 e. The van der Waals surface area contributed by atoms with E-state index >= 15 is 0 Å². The van der Waals surface area contributed by atoms with Crippen LogP contribution in [0, 0.1) is 11.2 Å². The molecule has 2 aliphatic rings. The number of halogens is 1. The number of pyridine rings is 1. The summed E-state index contributed by atoms with van der Waals surface area (Å²) in [5.41, 5.74) is 2.48. The second kappa shape index (κ2) is 6.41. The predicted molar refractivity (Wildman–Crippen MR) is 101 cm³/mol. The Morgan fingerprint density at radius 1 is 1.15 bits per heavy atom. The van der Waals surface area contributed by atoms with Crippen molar-refractivity contribution in [2.75, 3.05) is 4.90 Å². The van der Waals surface area contributed by atoms with Gasteiger partial charge in [0.15, 0.2) is 5.78 Å². The van der Waals surface area contributed by atoms with Crippen LogP contribution in [0.1, 0.15) is 44.6 Å². The van der Waals surface area contributed by atoms with Crippen molar-refractivity contribution in [3.8, 4) is 0 Å². The summed E-state index contributed by atoms with van der Waals surface area (Å²) in [5, 5.41) is 0. The molecule has 4 rings (SSSR count). The first-order valence-corrected chi connectivity index (χ1v) is 9.10. The van der Waals surface area contributed by atoms with Gasteiger partial charge in [-0.15, -0.1) is 0 Å². The minimum atomic E-state index is -0.403. The highest BCUT2D eigenvalue weighted by atomic mass is 19.1. The van der Waals surface area contributed by atoms with Crippen LogP contribution in [-0.4, -0.2) is 16.7 Å².